The molecule has 1 aromatic carbocycles. The third-order valence-electron chi connectivity index (χ3n) is 3.15. The van der Waals surface area contributed by atoms with Gasteiger partial charge in [-0.25, -0.2) is 8.78 Å². The van der Waals surface area contributed by atoms with Crippen LogP contribution in [0.5, 0.6) is 0 Å². The number of aromatic nitrogens is 1. The summed E-state index contributed by atoms with van der Waals surface area (Å²) in [7, 11) is 0. The van der Waals surface area contributed by atoms with Crippen LogP contribution in [-0.4, -0.2) is 18.1 Å². The van der Waals surface area contributed by atoms with E-state index >= 15 is 0 Å². The normalized spacial score (nSPS) is 16.2. The SMILES string of the molecule is Fc1c[nH]c2c(F)cc(N3CCCC3)cc12. The van der Waals surface area contributed by atoms with E-state index in [1.54, 1.807) is 6.07 Å². The molecule has 0 saturated carbocycles. The van der Waals surface area contributed by atoms with Crippen LogP contribution in [0.2, 0.25) is 0 Å². The van der Waals surface area contributed by atoms with Gasteiger partial charge in [-0.3, -0.25) is 0 Å². The maximum Gasteiger partial charge on any atom is 0.149 e. The van der Waals surface area contributed by atoms with Gasteiger partial charge in [0.1, 0.15) is 11.6 Å². The van der Waals surface area contributed by atoms with Crippen LogP contribution in [0.1, 0.15) is 12.8 Å². The number of rotatable bonds is 1. The summed E-state index contributed by atoms with van der Waals surface area (Å²) in [5.41, 5.74) is 1.03. The molecule has 0 bridgehead atoms. The monoisotopic (exact) mass is 222 g/mol. The van der Waals surface area contributed by atoms with Crippen molar-refractivity contribution in [2.45, 2.75) is 12.8 Å². The predicted molar refractivity (Wildman–Crippen MR) is 59.7 cm³/mol. The lowest BCUT2D eigenvalue weighted by molar-refractivity contribution is 0.634. The van der Waals surface area contributed by atoms with Crippen molar-refractivity contribution in [1.82, 2.24) is 4.98 Å². The van der Waals surface area contributed by atoms with Gasteiger partial charge in [-0.05, 0) is 25.0 Å². The van der Waals surface area contributed by atoms with Crippen LogP contribution in [-0.2, 0) is 0 Å². The van der Waals surface area contributed by atoms with Gasteiger partial charge in [-0.2, -0.15) is 0 Å². The molecule has 1 N–H and O–H groups in total. The summed E-state index contributed by atoms with van der Waals surface area (Å²) < 4.78 is 27.1. The van der Waals surface area contributed by atoms with E-state index in [4.69, 9.17) is 0 Å². The first-order valence-corrected chi connectivity index (χ1v) is 5.47. The molecule has 84 valence electrons. The first kappa shape index (κ1) is 9.63. The molecule has 1 saturated heterocycles. The lowest BCUT2D eigenvalue weighted by Gasteiger charge is -2.17. The third-order valence-corrected chi connectivity index (χ3v) is 3.15. The number of H-pyrrole nitrogens is 1. The predicted octanol–water partition coefficient (Wildman–Crippen LogP) is 3.05. The summed E-state index contributed by atoms with van der Waals surface area (Å²) in [4.78, 5) is 4.70. The standard InChI is InChI=1S/C12H12F2N2/c13-10-6-8(16-3-1-2-4-16)5-9-11(14)7-15-12(9)10/h5-7,15H,1-4H2. The van der Waals surface area contributed by atoms with Gasteiger partial charge in [0.25, 0.3) is 0 Å². The molecule has 2 heterocycles. The highest BCUT2D eigenvalue weighted by Crippen LogP contribution is 2.28. The van der Waals surface area contributed by atoms with E-state index in [2.05, 4.69) is 9.88 Å². The van der Waals surface area contributed by atoms with Crippen molar-refractivity contribution in [2.24, 2.45) is 0 Å². The van der Waals surface area contributed by atoms with E-state index in [0.29, 0.717) is 5.39 Å². The van der Waals surface area contributed by atoms with Crippen molar-refractivity contribution in [2.75, 3.05) is 18.0 Å². The maximum atomic E-state index is 13.7. The van der Waals surface area contributed by atoms with Gasteiger partial charge in [0.15, 0.2) is 0 Å². The number of nitrogens with one attached hydrogen (secondary N) is 1. The lowest BCUT2D eigenvalue weighted by Crippen LogP contribution is -2.17. The summed E-state index contributed by atoms with van der Waals surface area (Å²) in [6.07, 6.45) is 3.44. The smallest absolute Gasteiger partial charge is 0.149 e. The quantitative estimate of drug-likeness (QED) is 0.785. The van der Waals surface area contributed by atoms with Gasteiger partial charge < -0.3 is 9.88 Å². The topological polar surface area (TPSA) is 19.0 Å². The molecule has 3 rings (SSSR count). The Balaban J connectivity index is 2.15. The van der Waals surface area contributed by atoms with E-state index in [1.165, 1.54) is 12.3 Å². The Hall–Kier alpha value is -1.58. The van der Waals surface area contributed by atoms with Crippen molar-refractivity contribution in [3.05, 3.63) is 30.0 Å². The Labute approximate surface area is 91.9 Å². The Bertz CT molecular complexity index is 527. The van der Waals surface area contributed by atoms with Crippen LogP contribution < -0.4 is 4.90 Å². The summed E-state index contributed by atoms with van der Waals surface area (Å²) >= 11 is 0. The zero-order chi connectivity index (χ0) is 11.1. The van der Waals surface area contributed by atoms with Gasteiger partial charge in [-0.15, -0.1) is 0 Å². The van der Waals surface area contributed by atoms with Crippen molar-refractivity contribution in [3.63, 3.8) is 0 Å². The van der Waals surface area contributed by atoms with E-state index in [-0.39, 0.29) is 11.3 Å². The number of anilines is 1. The molecule has 0 aliphatic carbocycles. The minimum atomic E-state index is -0.394. The molecule has 16 heavy (non-hydrogen) atoms. The molecule has 0 atom stereocenters. The number of hydrogen-bond donors (Lipinski definition) is 1. The van der Waals surface area contributed by atoms with E-state index < -0.39 is 5.82 Å². The number of aromatic amines is 1. The average Bonchev–Trinajstić information content (AvgIpc) is 2.88. The van der Waals surface area contributed by atoms with Gasteiger partial charge in [0.05, 0.1) is 5.52 Å². The number of fused-ring (bicyclic) bond motifs is 1. The van der Waals surface area contributed by atoms with Crippen molar-refractivity contribution in [1.29, 1.82) is 0 Å². The highest BCUT2D eigenvalue weighted by atomic mass is 19.1. The molecule has 0 radical (unpaired) electrons. The molecule has 1 aromatic heterocycles. The summed E-state index contributed by atoms with van der Waals surface area (Å²) in [5.74, 6) is -0.779. The molecule has 0 spiro atoms. The minimum Gasteiger partial charge on any atom is -0.371 e. The van der Waals surface area contributed by atoms with Crippen LogP contribution >= 0.6 is 0 Å². The molecule has 0 unspecified atom stereocenters. The zero-order valence-corrected chi connectivity index (χ0v) is 8.76. The second-order valence-electron chi connectivity index (χ2n) is 4.18. The maximum absolute atomic E-state index is 13.7. The third kappa shape index (κ3) is 1.37. The number of nitrogens with zero attached hydrogens (tertiary/aromatic N) is 1. The summed E-state index contributed by atoms with van der Waals surface area (Å²) in [6.45, 7) is 1.86. The van der Waals surface area contributed by atoms with Gasteiger partial charge >= 0.3 is 0 Å². The van der Waals surface area contributed by atoms with Gasteiger partial charge in [0.2, 0.25) is 0 Å². The van der Waals surface area contributed by atoms with Gasteiger partial charge in [-0.1, -0.05) is 0 Å². The van der Waals surface area contributed by atoms with Crippen LogP contribution in [0, 0.1) is 11.6 Å². The highest BCUT2D eigenvalue weighted by molar-refractivity contribution is 5.84. The zero-order valence-electron chi connectivity index (χ0n) is 8.76. The second-order valence-corrected chi connectivity index (χ2v) is 4.18. The van der Waals surface area contributed by atoms with E-state index in [1.807, 2.05) is 0 Å². The molecule has 1 fully saturated rings. The summed E-state index contributed by atoms with van der Waals surface area (Å²) in [5, 5.41) is 0.335. The first-order chi connectivity index (χ1) is 7.75. The van der Waals surface area contributed by atoms with Gasteiger partial charge in [0, 0.05) is 30.4 Å². The minimum absolute atomic E-state index is 0.250. The molecule has 0 amide bonds. The molecule has 4 heteroatoms. The van der Waals surface area contributed by atoms with Crippen molar-refractivity contribution in [3.8, 4) is 0 Å². The molecular formula is C12H12F2N2. The fraction of sp³-hybridized carbons (Fsp3) is 0.333. The van der Waals surface area contributed by atoms with Crippen LogP contribution in [0.25, 0.3) is 10.9 Å². The Morgan fingerprint density at radius 1 is 1.06 bits per heavy atom. The number of hydrogen-bond acceptors (Lipinski definition) is 1. The first-order valence-electron chi connectivity index (χ1n) is 5.47. The summed E-state index contributed by atoms with van der Waals surface area (Å²) in [6, 6.07) is 3.19. The van der Waals surface area contributed by atoms with E-state index in [0.717, 1.165) is 31.6 Å². The largest absolute Gasteiger partial charge is 0.371 e. The molecule has 2 aromatic rings. The Morgan fingerprint density at radius 2 is 1.81 bits per heavy atom. The fourth-order valence-corrected chi connectivity index (χ4v) is 2.30. The fourth-order valence-electron chi connectivity index (χ4n) is 2.30. The molecular weight excluding hydrogens is 210 g/mol. The second kappa shape index (κ2) is 3.47. The number of benzene rings is 1. The lowest BCUT2D eigenvalue weighted by atomic mass is 10.2. The molecule has 2 nitrogen and oxygen atoms in total. The van der Waals surface area contributed by atoms with Crippen LogP contribution in [0.3, 0.4) is 0 Å². The van der Waals surface area contributed by atoms with E-state index in [9.17, 15) is 8.78 Å². The Kier molecular flexibility index (Phi) is 2.09. The highest BCUT2D eigenvalue weighted by Gasteiger charge is 2.16. The Morgan fingerprint density at radius 3 is 2.56 bits per heavy atom. The van der Waals surface area contributed by atoms with Crippen molar-refractivity contribution >= 4 is 16.6 Å². The average molecular weight is 222 g/mol. The van der Waals surface area contributed by atoms with Crippen LogP contribution in [0.15, 0.2) is 18.3 Å². The van der Waals surface area contributed by atoms with Crippen LogP contribution in [0.4, 0.5) is 14.5 Å². The molecule has 1 aliphatic rings. The molecule has 1 aliphatic heterocycles. The van der Waals surface area contributed by atoms with Crippen molar-refractivity contribution < 1.29 is 8.78 Å². The number of halogens is 2.